The van der Waals surface area contributed by atoms with Crippen molar-refractivity contribution in [1.82, 2.24) is 4.98 Å². The Morgan fingerprint density at radius 2 is 2.38 bits per heavy atom. The largest absolute Gasteiger partial charge is 0.385 e. The average molecular weight is 223 g/mol. The molecule has 1 rings (SSSR count). The zero-order valence-corrected chi connectivity index (χ0v) is 9.40. The zero-order chi connectivity index (χ0) is 11.8. The van der Waals surface area contributed by atoms with Gasteiger partial charge in [0.2, 0.25) is 5.91 Å². The predicted molar refractivity (Wildman–Crippen MR) is 61.9 cm³/mol. The van der Waals surface area contributed by atoms with E-state index in [1.54, 1.807) is 19.4 Å². The Morgan fingerprint density at radius 3 is 2.94 bits per heavy atom. The lowest BCUT2D eigenvalue weighted by molar-refractivity contribution is -0.116. The molecule has 5 nitrogen and oxygen atoms in total. The Balaban J connectivity index is 2.37. The summed E-state index contributed by atoms with van der Waals surface area (Å²) in [5.74, 6) is 0.504. The van der Waals surface area contributed by atoms with E-state index in [2.05, 4.69) is 10.3 Å². The molecule has 0 saturated carbocycles. The number of ether oxygens (including phenoxy) is 1. The second-order valence-electron chi connectivity index (χ2n) is 3.40. The number of nitrogens with two attached hydrogens (primary N) is 1. The van der Waals surface area contributed by atoms with Gasteiger partial charge in [-0.05, 0) is 18.1 Å². The lowest BCUT2D eigenvalue weighted by Gasteiger charge is -2.04. The Kier molecular flexibility index (Phi) is 5.45. The lowest BCUT2D eigenvalue weighted by Crippen LogP contribution is -2.13. The van der Waals surface area contributed by atoms with Crippen molar-refractivity contribution in [3.8, 4) is 0 Å². The third kappa shape index (κ3) is 4.37. The molecule has 0 aliphatic heterocycles. The van der Waals surface area contributed by atoms with Crippen molar-refractivity contribution in [2.24, 2.45) is 5.73 Å². The first-order valence-corrected chi connectivity index (χ1v) is 5.20. The van der Waals surface area contributed by atoms with Gasteiger partial charge in [0.05, 0.1) is 0 Å². The molecule has 1 amide bonds. The molecule has 0 spiro atoms. The van der Waals surface area contributed by atoms with Crippen LogP contribution in [0, 0.1) is 0 Å². The summed E-state index contributed by atoms with van der Waals surface area (Å²) in [6, 6.07) is 3.59. The first kappa shape index (κ1) is 12.6. The molecule has 0 unspecified atom stereocenters. The maximum Gasteiger partial charge on any atom is 0.225 e. The van der Waals surface area contributed by atoms with Crippen LogP contribution in [0.15, 0.2) is 18.3 Å². The SMILES string of the molecule is COCCCC(=O)Nc1ccc(CN)cn1. The summed E-state index contributed by atoms with van der Waals surface area (Å²) in [5.41, 5.74) is 6.38. The molecule has 1 heterocycles. The second kappa shape index (κ2) is 6.92. The quantitative estimate of drug-likeness (QED) is 0.702. The second-order valence-corrected chi connectivity index (χ2v) is 3.40. The van der Waals surface area contributed by atoms with Crippen LogP contribution < -0.4 is 11.1 Å². The molecule has 88 valence electrons. The number of nitrogens with one attached hydrogen (secondary N) is 1. The number of aromatic nitrogens is 1. The predicted octanol–water partition coefficient (Wildman–Crippen LogP) is 0.905. The fourth-order valence-corrected chi connectivity index (χ4v) is 1.20. The van der Waals surface area contributed by atoms with Crippen LogP contribution in [0.2, 0.25) is 0 Å². The van der Waals surface area contributed by atoms with Gasteiger partial charge in [0, 0.05) is 32.9 Å². The Bertz CT molecular complexity index is 325. The number of rotatable bonds is 6. The van der Waals surface area contributed by atoms with Crippen molar-refractivity contribution in [1.29, 1.82) is 0 Å². The van der Waals surface area contributed by atoms with E-state index in [0.29, 0.717) is 31.8 Å². The van der Waals surface area contributed by atoms with Gasteiger partial charge in [-0.15, -0.1) is 0 Å². The number of nitrogens with zero attached hydrogens (tertiary/aromatic N) is 1. The number of hydrogen-bond acceptors (Lipinski definition) is 4. The van der Waals surface area contributed by atoms with E-state index in [1.165, 1.54) is 0 Å². The highest BCUT2D eigenvalue weighted by atomic mass is 16.5. The molecule has 0 saturated heterocycles. The first-order chi connectivity index (χ1) is 7.76. The molecule has 5 heteroatoms. The van der Waals surface area contributed by atoms with E-state index in [9.17, 15) is 4.79 Å². The highest BCUT2D eigenvalue weighted by molar-refractivity contribution is 5.89. The van der Waals surface area contributed by atoms with Crippen LogP contribution in [0.4, 0.5) is 5.82 Å². The maximum atomic E-state index is 11.4. The maximum absolute atomic E-state index is 11.4. The molecule has 3 N–H and O–H groups in total. The molecule has 0 aliphatic rings. The normalized spacial score (nSPS) is 10.1. The highest BCUT2D eigenvalue weighted by Crippen LogP contribution is 2.05. The van der Waals surface area contributed by atoms with Crippen molar-refractivity contribution < 1.29 is 9.53 Å². The minimum absolute atomic E-state index is 0.0509. The van der Waals surface area contributed by atoms with Gasteiger partial charge in [-0.1, -0.05) is 6.07 Å². The van der Waals surface area contributed by atoms with Crippen molar-refractivity contribution in [2.75, 3.05) is 19.0 Å². The molecule has 0 fully saturated rings. The molecule has 1 aromatic rings. The molecule has 16 heavy (non-hydrogen) atoms. The standard InChI is InChI=1S/C11H17N3O2/c1-16-6-2-3-11(15)14-10-5-4-9(7-12)8-13-10/h4-5,8H,2-3,6-7,12H2,1H3,(H,13,14,15). The number of carbonyl (C=O) groups is 1. The molecule has 0 aromatic carbocycles. The van der Waals surface area contributed by atoms with E-state index in [-0.39, 0.29) is 5.91 Å². The minimum Gasteiger partial charge on any atom is -0.385 e. The average Bonchev–Trinajstić information content (AvgIpc) is 2.30. The molecular formula is C11H17N3O2. The highest BCUT2D eigenvalue weighted by Gasteiger charge is 2.02. The summed E-state index contributed by atoms with van der Waals surface area (Å²) in [6.45, 7) is 1.04. The molecule has 0 bridgehead atoms. The molecule has 0 radical (unpaired) electrons. The van der Waals surface area contributed by atoms with E-state index < -0.39 is 0 Å². The van der Waals surface area contributed by atoms with Crippen LogP contribution in [0.5, 0.6) is 0 Å². The topological polar surface area (TPSA) is 77.2 Å². The lowest BCUT2D eigenvalue weighted by atomic mass is 10.3. The third-order valence-electron chi connectivity index (χ3n) is 2.08. The van der Waals surface area contributed by atoms with Gasteiger partial charge in [0.15, 0.2) is 0 Å². The number of carbonyl (C=O) groups excluding carboxylic acids is 1. The van der Waals surface area contributed by atoms with Crippen molar-refractivity contribution in [3.05, 3.63) is 23.9 Å². The van der Waals surface area contributed by atoms with Gasteiger partial charge in [0.1, 0.15) is 5.82 Å². The fourth-order valence-electron chi connectivity index (χ4n) is 1.20. The molecule has 1 aromatic heterocycles. The Labute approximate surface area is 95.0 Å². The summed E-state index contributed by atoms with van der Waals surface area (Å²) in [5, 5.41) is 2.71. The van der Waals surface area contributed by atoms with Gasteiger partial charge in [-0.25, -0.2) is 4.98 Å². The van der Waals surface area contributed by atoms with E-state index in [0.717, 1.165) is 5.56 Å². The third-order valence-corrected chi connectivity index (χ3v) is 2.08. The first-order valence-electron chi connectivity index (χ1n) is 5.20. The van der Waals surface area contributed by atoms with Crippen LogP contribution in [-0.2, 0) is 16.1 Å². The zero-order valence-electron chi connectivity index (χ0n) is 9.40. The smallest absolute Gasteiger partial charge is 0.225 e. The van der Waals surface area contributed by atoms with E-state index >= 15 is 0 Å². The number of pyridine rings is 1. The van der Waals surface area contributed by atoms with Crippen molar-refractivity contribution in [2.45, 2.75) is 19.4 Å². The Hall–Kier alpha value is -1.46. The minimum atomic E-state index is -0.0509. The molecular weight excluding hydrogens is 206 g/mol. The summed E-state index contributed by atoms with van der Waals surface area (Å²) in [6.07, 6.45) is 2.81. The van der Waals surface area contributed by atoms with Crippen LogP contribution in [0.25, 0.3) is 0 Å². The molecule has 0 aliphatic carbocycles. The van der Waals surface area contributed by atoms with Gasteiger partial charge in [-0.2, -0.15) is 0 Å². The van der Waals surface area contributed by atoms with Crippen molar-refractivity contribution >= 4 is 11.7 Å². The van der Waals surface area contributed by atoms with Crippen LogP contribution in [0.3, 0.4) is 0 Å². The number of hydrogen-bond donors (Lipinski definition) is 2. The summed E-state index contributed by atoms with van der Waals surface area (Å²) in [7, 11) is 1.62. The van der Waals surface area contributed by atoms with Gasteiger partial charge in [0.25, 0.3) is 0 Å². The number of amides is 1. The molecule has 0 atom stereocenters. The summed E-state index contributed by atoms with van der Waals surface area (Å²) < 4.78 is 4.86. The van der Waals surface area contributed by atoms with E-state index in [4.69, 9.17) is 10.5 Å². The fraction of sp³-hybridized carbons (Fsp3) is 0.455. The van der Waals surface area contributed by atoms with Gasteiger partial charge < -0.3 is 15.8 Å². The van der Waals surface area contributed by atoms with Crippen molar-refractivity contribution in [3.63, 3.8) is 0 Å². The monoisotopic (exact) mass is 223 g/mol. The summed E-state index contributed by atoms with van der Waals surface area (Å²) >= 11 is 0. The van der Waals surface area contributed by atoms with Gasteiger partial charge >= 0.3 is 0 Å². The van der Waals surface area contributed by atoms with E-state index in [1.807, 2.05) is 6.07 Å². The summed E-state index contributed by atoms with van der Waals surface area (Å²) in [4.78, 5) is 15.5. The Morgan fingerprint density at radius 1 is 1.56 bits per heavy atom. The number of anilines is 1. The van der Waals surface area contributed by atoms with Crippen LogP contribution in [-0.4, -0.2) is 24.6 Å². The number of methoxy groups -OCH3 is 1. The van der Waals surface area contributed by atoms with Crippen LogP contribution >= 0.6 is 0 Å². The van der Waals surface area contributed by atoms with Gasteiger partial charge in [-0.3, -0.25) is 4.79 Å². The van der Waals surface area contributed by atoms with Crippen LogP contribution in [0.1, 0.15) is 18.4 Å².